The van der Waals surface area contributed by atoms with E-state index in [0.717, 1.165) is 36.1 Å². The molecule has 0 unspecified atom stereocenters. The number of rotatable bonds is 13. The van der Waals surface area contributed by atoms with Crippen LogP contribution in [-0.2, 0) is 22.6 Å². The van der Waals surface area contributed by atoms with E-state index < -0.39 is 0 Å². The van der Waals surface area contributed by atoms with Gasteiger partial charge >= 0.3 is 0 Å². The van der Waals surface area contributed by atoms with Crippen molar-refractivity contribution < 1.29 is 19.1 Å². The molecule has 1 amide bonds. The Morgan fingerprint density at radius 2 is 1.42 bits per heavy atom. The zero-order chi connectivity index (χ0) is 35.4. The molecule has 50 heavy (non-hydrogen) atoms. The Labute approximate surface area is 302 Å². The number of benzene rings is 2. The van der Waals surface area contributed by atoms with Crippen molar-refractivity contribution in [2.45, 2.75) is 77.4 Å². The molecule has 1 aliphatic heterocycles. The van der Waals surface area contributed by atoms with Crippen LogP contribution in [0.2, 0.25) is 10.0 Å². The summed E-state index contributed by atoms with van der Waals surface area (Å²) >= 11 is 14.2. The van der Waals surface area contributed by atoms with Crippen molar-refractivity contribution in [1.29, 1.82) is 0 Å². The summed E-state index contributed by atoms with van der Waals surface area (Å²) in [6.07, 6.45) is 8.57. The van der Waals surface area contributed by atoms with Gasteiger partial charge in [-0.3, -0.25) is 19.6 Å². The monoisotopic (exact) mass is 716 g/mol. The number of ether oxygens (including phenoxy) is 2. The number of nitrogens with zero attached hydrogens (tertiary/aromatic N) is 4. The highest BCUT2D eigenvalue weighted by molar-refractivity contribution is 6.39. The number of methoxy groups -OCH3 is 2. The lowest BCUT2D eigenvalue weighted by Crippen LogP contribution is -2.32. The van der Waals surface area contributed by atoms with Crippen LogP contribution < -0.4 is 20.1 Å². The minimum Gasteiger partial charge on any atom is -0.480 e. The fourth-order valence-electron chi connectivity index (χ4n) is 6.87. The first-order valence-corrected chi connectivity index (χ1v) is 17.8. The summed E-state index contributed by atoms with van der Waals surface area (Å²) in [6.45, 7) is 4.71. The van der Waals surface area contributed by atoms with Gasteiger partial charge in [0, 0.05) is 60.1 Å². The number of carbonyl (C=O) groups excluding carboxylic acids is 2. The van der Waals surface area contributed by atoms with Crippen LogP contribution in [-0.4, -0.2) is 57.9 Å². The maximum Gasteiger partial charge on any atom is 0.237 e. The third kappa shape index (κ3) is 7.77. The average Bonchev–Trinajstić information content (AvgIpc) is 3.78. The number of amides is 1. The Morgan fingerprint density at radius 1 is 0.840 bits per heavy atom. The highest BCUT2D eigenvalue weighted by Gasteiger charge is 2.28. The maximum atomic E-state index is 11.8. The van der Waals surface area contributed by atoms with Crippen molar-refractivity contribution in [3.63, 3.8) is 0 Å². The van der Waals surface area contributed by atoms with E-state index in [1.165, 1.54) is 0 Å². The van der Waals surface area contributed by atoms with Gasteiger partial charge in [-0.05, 0) is 44.4 Å². The molecule has 2 aliphatic rings. The van der Waals surface area contributed by atoms with E-state index in [1.807, 2.05) is 36.4 Å². The van der Waals surface area contributed by atoms with Crippen LogP contribution in [0.15, 0.2) is 48.8 Å². The molecule has 2 N–H and O–H groups in total. The highest BCUT2D eigenvalue weighted by atomic mass is 35.5. The van der Waals surface area contributed by atoms with Gasteiger partial charge in [0.05, 0.1) is 48.0 Å². The van der Waals surface area contributed by atoms with Gasteiger partial charge in [0.15, 0.2) is 0 Å². The minimum absolute atomic E-state index is 0.118. The van der Waals surface area contributed by atoms with E-state index in [4.69, 9.17) is 47.6 Å². The van der Waals surface area contributed by atoms with Gasteiger partial charge in [-0.15, -0.1) is 0 Å². The molecule has 4 atom stereocenters. The second kappa shape index (κ2) is 15.8. The molecular formula is C38H42Cl2N6O4. The Hall–Kier alpha value is -4.12. The summed E-state index contributed by atoms with van der Waals surface area (Å²) in [4.78, 5) is 42.4. The number of halogens is 2. The molecule has 10 nitrogen and oxygen atoms in total. The molecule has 1 aliphatic carbocycles. The fourth-order valence-corrected chi connectivity index (χ4v) is 7.52. The zero-order valence-corrected chi connectivity index (χ0v) is 30.3. The fraction of sp³-hybridized carbons (Fsp3) is 0.421. The van der Waals surface area contributed by atoms with E-state index >= 15 is 0 Å². The van der Waals surface area contributed by atoms with Crippen molar-refractivity contribution in [1.82, 2.24) is 30.6 Å². The van der Waals surface area contributed by atoms with Gasteiger partial charge in [-0.1, -0.05) is 66.5 Å². The van der Waals surface area contributed by atoms with Crippen molar-refractivity contribution in [3.05, 3.63) is 70.2 Å². The summed E-state index contributed by atoms with van der Waals surface area (Å²) in [7, 11) is 3.16. The zero-order valence-electron chi connectivity index (χ0n) is 28.8. The first-order chi connectivity index (χ1) is 24.2. The molecule has 1 saturated carbocycles. The van der Waals surface area contributed by atoms with Gasteiger partial charge in [-0.2, -0.15) is 0 Å². The number of aromatic nitrogens is 4. The SMILES string of the molecule is COc1nc(-c2cccc(-c3cccc(-c4cnc(CN[C@H](C)[C@@H]5CCC(=O)C5)c(OC)n4)c3Cl)c2Cl)cnc1CC[C@H](C)[C@@H]1CCC(=O)N1. The summed E-state index contributed by atoms with van der Waals surface area (Å²) < 4.78 is 11.3. The van der Waals surface area contributed by atoms with E-state index in [9.17, 15) is 9.59 Å². The molecule has 2 fully saturated rings. The summed E-state index contributed by atoms with van der Waals surface area (Å²) in [6, 6.07) is 11.8. The second-order valence-electron chi connectivity index (χ2n) is 13.2. The molecule has 6 rings (SSSR count). The van der Waals surface area contributed by atoms with Crippen molar-refractivity contribution >= 4 is 34.9 Å². The average molecular weight is 718 g/mol. The Bertz CT molecular complexity index is 1750. The highest BCUT2D eigenvalue weighted by Crippen LogP contribution is 2.42. The maximum absolute atomic E-state index is 11.8. The number of carbonyl (C=O) groups is 2. The lowest BCUT2D eigenvalue weighted by atomic mass is 9.94. The molecule has 12 heteroatoms. The summed E-state index contributed by atoms with van der Waals surface area (Å²) in [5.41, 5.74) is 5.42. The first kappa shape index (κ1) is 35.7. The number of hydrogen-bond acceptors (Lipinski definition) is 9. The minimum atomic E-state index is 0.118. The largest absolute Gasteiger partial charge is 0.480 e. The molecule has 0 spiro atoms. The van der Waals surface area contributed by atoms with Crippen LogP contribution in [0.25, 0.3) is 33.6 Å². The van der Waals surface area contributed by atoms with E-state index in [1.54, 1.807) is 26.6 Å². The first-order valence-electron chi connectivity index (χ1n) is 17.1. The smallest absolute Gasteiger partial charge is 0.237 e. The van der Waals surface area contributed by atoms with Crippen LogP contribution in [0.4, 0.5) is 0 Å². The third-order valence-corrected chi connectivity index (χ3v) is 10.8. The van der Waals surface area contributed by atoms with Gasteiger partial charge in [0.1, 0.15) is 17.2 Å². The third-order valence-electron chi connectivity index (χ3n) is 9.98. The Morgan fingerprint density at radius 3 is 1.96 bits per heavy atom. The lowest BCUT2D eigenvalue weighted by molar-refractivity contribution is -0.119. The predicted octanol–water partition coefficient (Wildman–Crippen LogP) is 7.29. The van der Waals surface area contributed by atoms with Crippen LogP contribution in [0.5, 0.6) is 11.8 Å². The van der Waals surface area contributed by atoms with Gasteiger partial charge < -0.3 is 20.1 Å². The summed E-state index contributed by atoms with van der Waals surface area (Å²) in [5.74, 6) is 1.94. The molecule has 262 valence electrons. The molecule has 0 radical (unpaired) electrons. The molecular weight excluding hydrogens is 675 g/mol. The quantitative estimate of drug-likeness (QED) is 0.147. The second-order valence-corrected chi connectivity index (χ2v) is 14.0. The normalized spacial score (nSPS) is 18.6. The topological polar surface area (TPSA) is 128 Å². The molecule has 2 aromatic carbocycles. The predicted molar refractivity (Wildman–Crippen MR) is 194 cm³/mol. The van der Waals surface area contributed by atoms with Crippen LogP contribution in [0.1, 0.15) is 63.8 Å². The lowest BCUT2D eigenvalue weighted by Gasteiger charge is -2.20. The number of hydrogen-bond donors (Lipinski definition) is 2. The molecule has 2 aromatic heterocycles. The van der Waals surface area contributed by atoms with Crippen LogP contribution >= 0.6 is 23.2 Å². The van der Waals surface area contributed by atoms with E-state index in [-0.39, 0.29) is 18.0 Å². The Balaban J connectivity index is 1.21. The van der Waals surface area contributed by atoms with E-state index in [0.29, 0.717) is 99.9 Å². The van der Waals surface area contributed by atoms with Gasteiger partial charge in [0.25, 0.3) is 0 Å². The number of ketones is 1. The van der Waals surface area contributed by atoms with Crippen LogP contribution in [0, 0.1) is 11.8 Å². The van der Waals surface area contributed by atoms with Gasteiger partial charge in [-0.25, -0.2) is 9.97 Å². The molecule has 1 saturated heterocycles. The molecule has 4 aromatic rings. The van der Waals surface area contributed by atoms with E-state index in [2.05, 4.69) is 29.5 Å². The number of Topliss-reactive ketones (excluding diaryl/α,β-unsaturated/α-hetero) is 1. The Kier molecular flexibility index (Phi) is 11.3. The number of nitrogens with one attached hydrogen (secondary N) is 2. The van der Waals surface area contributed by atoms with Crippen molar-refractivity contribution in [2.24, 2.45) is 11.8 Å². The van der Waals surface area contributed by atoms with Crippen LogP contribution in [0.3, 0.4) is 0 Å². The molecule has 3 heterocycles. The molecule has 0 bridgehead atoms. The van der Waals surface area contributed by atoms with Crippen molar-refractivity contribution in [2.75, 3.05) is 14.2 Å². The van der Waals surface area contributed by atoms with Crippen molar-refractivity contribution in [3.8, 4) is 45.4 Å². The van der Waals surface area contributed by atoms with Gasteiger partial charge in [0.2, 0.25) is 17.7 Å². The standard InChI is InChI=1S/C38H42Cl2N6O4/c1-21(29-15-16-34(48)44-29)11-14-30-37(49-3)45-31(18-42-30)27-9-5-7-25(35(27)39)26-8-6-10-28(36(26)40)32-19-43-33(38(46-32)50-4)20-41-22(2)23-12-13-24(47)17-23/h5-10,18-19,21-23,29,41H,11-17,20H2,1-4H3,(H,44,48)/t21-,22+,23+,29-/m0/s1. The number of aryl methyl sites for hydroxylation is 1. The summed E-state index contributed by atoms with van der Waals surface area (Å²) in [5, 5.41) is 7.50.